The number of aromatic amines is 1. The van der Waals surface area contributed by atoms with E-state index in [4.69, 9.17) is 4.42 Å². The van der Waals surface area contributed by atoms with Crippen molar-refractivity contribution >= 4 is 0 Å². The molecule has 0 radical (unpaired) electrons. The van der Waals surface area contributed by atoms with Crippen molar-refractivity contribution in [3.63, 3.8) is 0 Å². The highest BCUT2D eigenvalue weighted by Crippen LogP contribution is 2.70. The fraction of sp³-hybridized carbons (Fsp3) is 0.867. The normalized spacial score (nSPS) is 47.8. The van der Waals surface area contributed by atoms with Crippen molar-refractivity contribution in [3.8, 4) is 0 Å². The van der Waals surface area contributed by atoms with Crippen LogP contribution >= 0.6 is 0 Å². The first kappa shape index (κ1) is 11.7. The molecule has 4 saturated carbocycles. The van der Waals surface area contributed by atoms with Gasteiger partial charge in [-0.25, -0.2) is 9.89 Å². The summed E-state index contributed by atoms with van der Waals surface area (Å²) in [5.74, 6) is 1.06. The third kappa shape index (κ3) is 1.79. The molecule has 0 saturated heterocycles. The lowest BCUT2D eigenvalue weighted by atomic mass is 9.40. The Hall–Kier alpha value is -1.06. The van der Waals surface area contributed by atoms with E-state index in [9.17, 15) is 4.79 Å². The number of aromatic nitrogens is 2. The Kier molecular flexibility index (Phi) is 2.06. The number of rotatable bonds is 2. The van der Waals surface area contributed by atoms with Crippen LogP contribution in [0.15, 0.2) is 9.21 Å². The second kappa shape index (κ2) is 3.33. The number of H-pyrrole nitrogens is 1. The zero-order valence-corrected chi connectivity index (χ0v) is 11.8. The van der Waals surface area contributed by atoms with Crippen LogP contribution in [0.3, 0.4) is 0 Å². The number of hydrogen-bond acceptors (Lipinski definition) is 3. The standard InChI is InChI=1S/C15H22N2O2/c1-13-3-10-4-14(2,7-13)9-15(5-10,8-13)6-11-16-17-12(18)19-11/h10H,3-9H2,1-2H3,(H,17,18). The molecule has 2 atom stereocenters. The van der Waals surface area contributed by atoms with Gasteiger partial charge in [0, 0.05) is 6.42 Å². The zero-order chi connectivity index (χ0) is 13.3. The quantitative estimate of drug-likeness (QED) is 0.891. The SMILES string of the molecule is CC12CC3CC(C)(C1)CC(Cc1n[nH]c(=O)o1)(C3)C2. The Balaban J connectivity index is 1.69. The summed E-state index contributed by atoms with van der Waals surface area (Å²) in [5, 5.41) is 6.43. The van der Waals surface area contributed by atoms with Gasteiger partial charge in [0.05, 0.1) is 0 Å². The number of nitrogens with one attached hydrogen (secondary N) is 1. The first-order valence-corrected chi connectivity index (χ1v) is 7.42. The number of nitrogens with zero attached hydrogens (tertiary/aromatic N) is 1. The van der Waals surface area contributed by atoms with Crippen LogP contribution in [-0.4, -0.2) is 10.2 Å². The maximum atomic E-state index is 11.1. The molecule has 0 amide bonds. The monoisotopic (exact) mass is 262 g/mol. The predicted octanol–water partition coefficient (Wildman–Crippen LogP) is 2.90. The van der Waals surface area contributed by atoms with Crippen molar-refractivity contribution in [1.29, 1.82) is 0 Å². The maximum absolute atomic E-state index is 11.1. The highest BCUT2D eigenvalue weighted by atomic mass is 16.4. The van der Waals surface area contributed by atoms with Gasteiger partial charge in [-0.3, -0.25) is 0 Å². The van der Waals surface area contributed by atoms with Crippen LogP contribution < -0.4 is 5.76 Å². The molecule has 19 heavy (non-hydrogen) atoms. The Labute approximate surface area is 113 Å². The molecule has 4 fully saturated rings. The van der Waals surface area contributed by atoms with E-state index in [0.717, 1.165) is 12.3 Å². The minimum absolute atomic E-state index is 0.327. The van der Waals surface area contributed by atoms with Gasteiger partial charge in [0.1, 0.15) is 0 Å². The van der Waals surface area contributed by atoms with Crippen LogP contribution in [0.2, 0.25) is 0 Å². The largest absolute Gasteiger partial charge is 0.434 e. The van der Waals surface area contributed by atoms with E-state index in [2.05, 4.69) is 24.0 Å². The summed E-state index contributed by atoms with van der Waals surface area (Å²) in [6.45, 7) is 4.93. The predicted molar refractivity (Wildman–Crippen MR) is 70.7 cm³/mol. The molecule has 0 spiro atoms. The van der Waals surface area contributed by atoms with Crippen LogP contribution in [-0.2, 0) is 6.42 Å². The third-order valence-electron chi connectivity index (χ3n) is 5.75. The highest BCUT2D eigenvalue weighted by Gasteiger charge is 2.60. The fourth-order valence-corrected chi connectivity index (χ4v) is 6.54. The lowest BCUT2D eigenvalue weighted by Gasteiger charge is -2.65. The van der Waals surface area contributed by atoms with E-state index in [1.165, 1.54) is 38.5 Å². The lowest BCUT2D eigenvalue weighted by molar-refractivity contribution is -0.145. The van der Waals surface area contributed by atoms with Gasteiger partial charge in [0.25, 0.3) is 0 Å². The van der Waals surface area contributed by atoms with Crippen LogP contribution in [0.5, 0.6) is 0 Å². The second-order valence-corrected chi connectivity index (χ2v) is 8.31. The van der Waals surface area contributed by atoms with E-state index in [1.54, 1.807) is 0 Å². The molecule has 4 bridgehead atoms. The van der Waals surface area contributed by atoms with Gasteiger partial charge < -0.3 is 4.42 Å². The van der Waals surface area contributed by atoms with Gasteiger partial charge >= 0.3 is 5.76 Å². The first-order chi connectivity index (χ1) is 8.88. The van der Waals surface area contributed by atoms with E-state index < -0.39 is 5.76 Å². The topological polar surface area (TPSA) is 58.9 Å². The molecule has 1 aromatic rings. The van der Waals surface area contributed by atoms with Crippen molar-refractivity contribution in [2.75, 3.05) is 0 Å². The average Bonchev–Trinajstić information content (AvgIpc) is 2.56. The molecule has 5 rings (SSSR count). The lowest BCUT2D eigenvalue weighted by Crippen LogP contribution is -2.55. The summed E-state index contributed by atoms with van der Waals surface area (Å²) < 4.78 is 5.17. The molecule has 1 N–H and O–H groups in total. The summed E-state index contributed by atoms with van der Waals surface area (Å²) in [6, 6.07) is 0. The Morgan fingerprint density at radius 1 is 1.21 bits per heavy atom. The highest BCUT2D eigenvalue weighted by molar-refractivity contribution is 5.11. The Bertz CT molecular complexity index is 555. The molecular weight excluding hydrogens is 240 g/mol. The Morgan fingerprint density at radius 3 is 2.42 bits per heavy atom. The van der Waals surface area contributed by atoms with Crippen molar-refractivity contribution in [2.24, 2.45) is 22.2 Å². The molecule has 4 nitrogen and oxygen atoms in total. The van der Waals surface area contributed by atoms with Crippen LogP contribution in [0.25, 0.3) is 0 Å². The molecule has 1 aromatic heterocycles. The fourth-order valence-electron chi connectivity index (χ4n) is 6.54. The summed E-state index contributed by atoms with van der Waals surface area (Å²) >= 11 is 0. The summed E-state index contributed by atoms with van der Waals surface area (Å²) in [6.07, 6.45) is 8.87. The second-order valence-electron chi connectivity index (χ2n) is 8.31. The minimum atomic E-state index is -0.419. The summed E-state index contributed by atoms with van der Waals surface area (Å²) in [5.41, 5.74) is 1.34. The number of hydrogen-bond donors (Lipinski definition) is 1. The van der Waals surface area contributed by atoms with E-state index in [1.807, 2.05) is 0 Å². The molecule has 2 unspecified atom stereocenters. The summed E-state index contributed by atoms with van der Waals surface area (Å²) in [7, 11) is 0. The molecular formula is C15H22N2O2. The van der Waals surface area contributed by atoms with Gasteiger partial charge in [-0.05, 0) is 60.7 Å². The molecule has 1 heterocycles. The van der Waals surface area contributed by atoms with Crippen LogP contribution in [0.4, 0.5) is 0 Å². The zero-order valence-electron chi connectivity index (χ0n) is 11.8. The van der Waals surface area contributed by atoms with Gasteiger partial charge in [-0.2, -0.15) is 0 Å². The van der Waals surface area contributed by atoms with E-state index in [0.29, 0.717) is 22.1 Å². The first-order valence-electron chi connectivity index (χ1n) is 7.42. The van der Waals surface area contributed by atoms with Gasteiger partial charge in [-0.1, -0.05) is 13.8 Å². The molecule has 4 aliphatic rings. The van der Waals surface area contributed by atoms with Crippen molar-refractivity contribution in [1.82, 2.24) is 10.2 Å². The van der Waals surface area contributed by atoms with Gasteiger partial charge in [0.2, 0.25) is 5.89 Å². The van der Waals surface area contributed by atoms with E-state index >= 15 is 0 Å². The molecule has 0 aliphatic heterocycles. The molecule has 4 aliphatic carbocycles. The third-order valence-corrected chi connectivity index (χ3v) is 5.75. The average molecular weight is 262 g/mol. The van der Waals surface area contributed by atoms with Crippen LogP contribution in [0.1, 0.15) is 58.3 Å². The summed E-state index contributed by atoms with van der Waals surface area (Å²) in [4.78, 5) is 11.1. The Morgan fingerprint density at radius 2 is 1.89 bits per heavy atom. The van der Waals surface area contributed by atoms with Crippen molar-refractivity contribution in [2.45, 2.75) is 58.8 Å². The molecule has 104 valence electrons. The van der Waals surface area contributed by atoms with Gasteiger partial charge in [-0.15, -0.1) is 5.10 Å². The van der Waals surface area contributed by atoms with E-state index in [-0.39, 0.29) is 0 Å². The molecule has 4 heteroatoms. The minimum Gasteiger partial charge on any atom is -0.392 e. The van der Waals surface area contributed by atoms with Crippen molar-refractivity contribution < 1.29 is 4.42 Å². The molecule has 0 aromatic carbocycles. The maximum Gasteiger partial charge on any atom is 0.434 e. The smallest absolute Gasteiger partial charge is 0.392 e. The van der Waals surface area contributed by atoms with Gasteiger partial charge in [0.15, 0.2) is 0 Å². The van der Waals surface area contributed by atoms with Crippen LogP contribution in [0, 0.1) is 22.2 Å². The van der Waals surface area contributed by atoms with Crippen molar-refractivity contribution in [3.05, 3.63) is 16.4 Å².